The smallest absolute Gasteiger partial charge is 0.0829 e. The van der Waals surface area contributed by atoms with Crippen LogP contribution in [0.2, 0.25) is 0 Å². The third-order valence-corrected chi connectivity index (χ3v) is 8.82. The van der Waals surface area contributed by atoms with Crippen molar-refractivity contribution < 1.29 is 0 Å². The van der Waals surface area contributed by atoms with Crippen LogP contribution in [0.3, 0.4) is 0 Å². The monoisotopic (exact) mass is 252 g/mol. The zero-order valence-electron chi connectivity index (χ0n) is 10.00. The van der Waals surface area contributed by atoms with Crippen molar-refractivity contribution in [3.63, 3.8) is 0 Å². The zero-order chi connectivity index (χ0) is 10.8. The Kier molecular flexibility index (Phi) is 2.25. The first-order chi connectivity index (χ1) is 7.80. The van der Waals surface area contributed by atoms with Gasteiger partial charge in [-0.05, 0) is 55.4 Å². The summed E-state index contributed by atoms with van der Waals surface area (Å²) in [4.78, 5) is 0. The maximum absolute atomic E-state index is 2.51. The molecule has 0 aromatic rings. The fourth-order valence-corrected chi connectivity index (χ4v) is 8.20. The molecule has 1 heterocycles. The van der Waals surface area contributed by atoms with Gasteiger partial charge in [-0.3, -0.25) is 0 Å². The van der Waals surface area contributed by atoms with Crippen LogP contribution in [0.5, 0.6) is 0 Å². The Hall–Kier alpha value is 0.440. The normalized spacial score (nSPS) is 44.4. The van der Waals surface area contributed by atoms with Crippen molar-refractivity contribution >= 4 is 23.5 Å². The highest BCUT2D eigenvalue weighted by atomic mass is 32.2. The molecule has 0 aromatic heterocycles. The molecule has 88 valence electrons. The van der Waals surface area contributed by atoms with Gasteiger partial charge < -0.3 is 0 Å². The number of hydrogen-bond acceptors (Lipinski definition) is 2. The molecule has 0 N–H and O–H groups in total. The minimum absolute atomic E-state index is 0.577. The molecule has 0 unspecified atom stereocenters. The molecule has 1 aliphatic heterocycles. The minimum Gasteiger partial charge on any atom is -0.139 e. The van der Waals surface area contributed by atoms with Gasteiger partial charge in [0.15, 0.2) is 0 Å². The summed E-state index contributed by atoms with van der Waals surface area (Å²) in [6, 6.07) is 0. The molecule has 2 heteroatoms. The fraction of sp³-hybridized carbons (Fsp3) is 0.857. The molecule has 16 heavy (non-hydrogen) atoms. The van der Waals surface area contributed by atoms with Crippen LogP contribution in [0.15, 0.2) is 11.1 Å². The number of rotatable bonds is 0. The van der Waals surface area contributed by atoms with Gasteiger partial charge >= 0.3 is 0 Å². The molecule has 0 aromatic carbocycles. The third-order valence-electron chi connectivity index (χ3n) is 5.26. The second-order valence-corrected chi connectivity index (χ2v) is 9.06. The van der Waals surface area contributed by atoms with Gasteiger partial charge in [0.2, 0.25) is 0 Å². The Morgan fingerprint density at radius 3 is 2.81 bits per heavy atom. The molecule has 0 amide bonds. The van der Waals surface area contributed by atoms with E-state index in [9.17, 15) is 0 Å². The third kappa shape index (κ3) is 1.21. The topological polar surface area (TPSA) is 0 Å². The highest BCUT2D eigenvalue weighted by Gasteiger charge is 2.54. The van der Waals surface area contributed by atoms with Crippen LogP contribution < -0.4 is 0 Å². The lowest BCUT2D eigenvalue weighted by molar-refractivity contribution is 0.395. The van der Waals surface area contributed by atoms with Gasteiger partial charge in [0.25, 0.3) is 0 Å². The summed E-state index contributed by atoms with van der Waals surface area (Å²) in [6.45, 7) is 2.51. The lowest BCUT2D eigenvalue weighted by Crippen LogP contribution is -2.25. The van der Waals surface area contributed by atoms with Crippen molar-refractivity contribution in [1.82, 2.24) is 0 Å². The van der Waals surface area contributed by atoms with Crippen LogP contribution >= 0.6 is 23.5 Å². The highest BCUT2D eigenvalue weighted by molar-refractivity contribution is 8.21. The summed E-state index contributed by atoms with van der Waals surface area (Å²) in [6.07, 6.45) is 7.40. The number of thioether (sulfide) groups is 2. The number of allylic oxidation sites excluding steroid dienone is 1. The van der Waals surface area contributed by atoms with E-state index in [1.54, 1.807) is 0 Å². The quantitative estimate of drug-likeness (QED) is 0.589. The van der Waals surface area contributed by atoms with Crippen molar-refractivity contribution in [1.29, 1.82) is 0 Å². The average Bonchev–Trinajstić information content (AvgIpc) is 2.97. The van der Waals surface area contributed by atoms with Crippen LogP contribution in [-0.2, 0) is 0 Å². The van der Waals surface area contributed by atoms with E-state index < -0.39 is 0 Å². The Balaban J connectivity index is 1.75. The van der Waals surface area contributed by atoms with Gasteiger partial charge in [-0.1, -0.05) is 12.5 Å². The van der Waals surface area contributed by atoms with Crippen LogP contribution in [0.1, 0.15) is 39.0 Å². The predicted molar refractivity (Wildman–Crippen MR) is 73.9 cm³/mol. The standard InChI is InChI=1S/C14H20S2/c1-9-2-3-10-8-11-4-5-14(13(11)12(9)10)15-6-7-16-14/h9-10,12H,2-8H2,1H3/t9-,10-,12-/m1/s1. The first-order valence-corrected chi connectivity index (χ1v) is 8.77. The van der Waals surface area contributed by atoms with E-state index in [-0.39, 0.29) is 0 Å². The van der Waals surface area contributed by atoms with Crippen LogP contribution in [0.25, 0.3) is 0 Å². The molecule has 4 rings (SSSR count). The van der Waals surface area contributed by atoms with E-state index in [4.69, 9.17) is 0 Å². The van der Waals surface area contributed by atoms with Gasteiger partial charge in [0.05, 0.1) is 4.08 Å². The second-order valence-electron chi connectivity index (χ2n) is 6.01. The maximum atomic E-state index is 2.51. The van der Waals surface area contributed by atoms with E-state index in [2.05, 4.69) is 30.4 Å². The highest BCUT2D eigenvalue weighted by Crippen LogP contribution is 2.66. The van der Waals surface area contributed by atoms with Crippen molar-refractivity contribution in [2.75, 3.05) is 11.5 Å². The van der Waals surface area contributed by atoms with E-state index in [1.165, 1.54) is 43.6 Å². The summed E-state index contributed by atoms with van der Waals surface area (Å²) in [5, 5.41) is 0. The number of hydrogen-bond donors (Lipinski definition) is 0. The van der Waals surface area contributed by atoms with Gasteiger partial charge in [0, 0.05) is 11.5 Å². The van der Waals surface area contributed by atoms with Gasteiger partial charge in [0.1, 0.15) is 0 Å². The molecular formula is C14H20S2. The van der Waals surface area contributed by atoms with Crippen LogP contribution in [0, 0.1) is 17.8 Å². The molecule has 0 nitrogen and oxygen atoms in total. The van der Waals surface area contributed by atoms with Crippen molar-refractivity contribution in [2.24, 2.45) is 17.8 Å². The molecule has 0 bridgehead atoms. The SMILES string of the molecule is C[C@@H]1CC[C@@H]2CC3=C([C@@H]21)C1(CC3)SCCS1. The fourth-order valence-electron chi connectivity index (χ4n) is 4.68. The Morgan fingerprint density at radius 1 is 1.19 bits per heavy atom. The number of fused-ring (bicyclic) bond motifs is 3. The minimum atomic E-state index is 0.577. The molecule has 1 saturated heterocycles. The van der Waals surface area contributed by atoms with Crippen LogP contribution in [0.4, 0.5) is 0 Å². The molecule has 3 atom stereocenters. The molecule has 0 radical (unpaired) electrons. The molecule has 2 fully saturated rings. The largest absolute Gasteiger partial charge is 0.139 e. The van der Waals surface area contributed by atoms with E-state index in [0.717, 1.165) is 17.8 Å². The summed E-state index contributed by atoms with van der Waals surface area (Å²) < 4.78 is 0.577. The predicted octanol–water partition coefficient (Wildman–Crippen LogP) is 4.32. The molecule has 3 aliphatic carbocycles. The van der Waals surface area contributed by atoms with E-state index in [1.807, 2.05) is 11.1 Å². The molecular weight excluding hydrogens is 232 g/mol. The summed E-state index contributed by atoms with van der Waals surface area (Å²) in [5.74, 6) is 5.82. The second kappa shape index (κ2) is 3.47. The van der Waals surface area contributed by atoms with Gasteiger partial charge in [-0.25, -0.2) is 0 Å². The first kappa shape index (κ1) is 10.4. The van der Waals surface area contributed by atoms with Crippen LogP contribution in [-0.4, -0.2) is 15.6 Å². The Morgan fingerprint density at radius 2 is 2.00 bits per heavy atom. The Labute approximate surface area is 107 Å². The lowest BCUT2D eigenvalue weighted by Gasteiger charge is -2.31. The molecule has 1 saturated carbocycles. The lowest BCUT2D eigenvalue weighted by atomic mass is 9.86. The summed E-state index contributed by atoms with van der Waals surface area (Å²) in [7, 11) is 0. The first-order valence-electron chi connectivity index (χ1n) is 6.80. The summed E-state index contributed by atoms with van der Waals surface area (Å²) in [5.41, 5.74) is 3.87. The summed E-state index contributed by atoms with van der Waals surface area (Å²) >= 11 is 4.57. The van der Waals surface area contributed by atoms with E-state index in [0.29, 0.717) is 4.08 Å². The van der Waals surface area contributed by atoms with Gasteiger partial charge in [-0.15, -0.1) is 23.5 Å². The van der Waals surface area contributed by atoms with Crippen molar-refractivity contribution in [3.05, 3.63) is 11.1 Å². The zero-order valence-corrected chi connectivity index (χ0v) is 11.6. The molecule has 4 aliphatic rings. The molecule has 1 spiro atoms. The van der Waals surface area contributed by atoms with Crippen molar-refractivity contribution in [3.8, 4) is 0 Å². The Bertz CT molecular complexity index is 352. The van der Waals surface area contributed by atoms with E-state index >= 15 is 0 Å². The maximum Gasteiger partial charge on any atom is 0.0829 e. The van der Waals surface area contributed by atoms with Crippen molar-refractivity contribution in [2.45, 2.75) is 43.1 Å². The average molecular weight is 252 g/mol. The van der Waals surface area contributed by atoms with Gasteiger partial charge in [-0.2, -0.15) is 0 Å².